The normalized spacial score (nSPS) is 12.6. The molecule has 2 aromatic carbocycles. The number of para-hydroxylation sites is 2. The summed E-state index contributed by atoms with van der Waals surface area (Å²) in [6.07, 6.45) is 0. The van der Waals surface area contributed by atoms with Crippen LogP contribution in [0.2, 0.25) is 5.02 Å². The Morgan fingerprint density at radius 3 is 2.79 bits per heavy atom. The Bertz CT molecular complexity index is 1260. The minimum absolute atomic E-state index is 0.0821. The van der Waals surface area contributed by atoms with Gasteiger partial charge in [0.1, 0.15) is 5.82 Å². The van der Waals surface area contributed by atoms with Gasteiger partial charge in [-0.3, -0.25) is 0 Å². The van der Waals surface area contributed by atoms with Crippen molar-refractivity contribution in [3.8, 4) is 11.3 Å². The van der Waals surface area contributed by atoms with Crippen molar-refractivity contribution in [3.63, 3.8) is 0 Å². The van der Waals surface area contributed by atoms with E-state index < -0.39 is 0 Å². The van der Waals surface area contributed by atoms with Gasteiger partial charge < -0.3 is 10.3 Å². The number of thiophene rings is 1. The van der Waals surface area contributed by atoms with E-state index in [1.54, 1.807) is 11.3 Å². The predicted molar refractivity (Wildman–Crippen MR) is 121 cm³/mol. The number of pyridine rings is 1. The van der Waals surface area contributed by atoms with Crippen molar-refractivity contribution in [2.45, 2.75) is 19.5 Å². The molecule has 0 saturated carbocycles. The van der Waals surface area contributed by atoms with Gasteiger partial charge >= 0.3 is 0 Å². The van der Waals surface area contributed by atoms with E-state index in [0.717, 1.165) is 44.6 Å². The molecule has 4 nitrogen and oxygen atoms in total. The molecule has 0 spiro atoms. The maximum Gasteiger partial charge on any atom is 0.124 e. The quantitative estimate of drug-likeness (QED) is 0.350. The fourth-order valence-corrected chi connectivity index (χ4v) is 4.31. The van der Waals surface area contributed by atoms with Crippen molar-refractivity contribution in [1.82, 2.24) is 20.3 Å². The largest absolute Gasteiger partial charge is 0.341 e. The van der Waals surface area contributed by atoms with Gasteiger partial charge in [-0.25, -0.2) is 9.97 Å². The van der Waals surface area contributed by atoms with Crippen molar-refractivity contribution in [2.24, 2.45) is 0 Å². The lowest BCUT2D eigenvalue weighted by molar-refractivity contribution is 0.552. The third kappa shape index (κ3) is 3.65. The van der Waals surface area contributed by atoms with Gasteiger partial charge in [0.2, 0.25) is 0 Å². The highest BCUT2D eigenvalue weighted by Crippen LogP contribution is 2.29. The summed E-state index contributed by atoms with van der Waals surface area (Å²) in [6, 6.07) is 18.3. The molecule has 0 amide bonds. The van der Waals surface area contributed by atoms with E-state index in [0.29, 0.717) is 11.6 Å². The monoisotopic (exact) mass is 418 g/mol. The first-order valence-electron chi connectivity index (χ1n) is 9.47. The number of nitrogens with one attached hydrogen (secondary N) is 2. The maximum atomic E-state index is 6.18. The van der Waals surface area contributed by atoms with E-state index >= 15 is 0 Å². The lowest BCUT2D eigenvalue weighted by Gasteiger charge is -2.15. The van der Waals surface area contributed by atoms with Crippen LogP contribution in [-0.4, -0.2) is 15.0 Å². The Morgan fingerprint density at radius 1 is 1.07 bits per heavy atom. The molecule has 3 aromatic heterocycles. The highest BCUT2D eigenvalue weighted by Gasteiger charge is 2.14. The second-order valence-corrected chi connectivity index (χ2v) is 8.30. The van der Waals surface area contributed by atoms with E-state index in [2.05, 4.69) is 40.1 Å². The van der Waals surface area contributed by atoms with Gasteiger partial charge in [0.25, 0.3) is 0 Å². The van der Waals surface area contributed by atoms with E-state index in [1.807, 2.05) is 42.5 Å². The van der Waals surface area contributed by atoms with Crippen molar-refractivity contribution < 1.29 is 0 Å². The maximum absolute atomic E-state index is 6.18. The molecule has 1 unspecified atom stereocenters. The van der Waals surface area contributed by atoms with Crippen LogP contribution in [0.1, 0.15) is 24.4 Å². The second kappa shape index (κ2) is 7.59. The molecular weight excluding hydrogens is 400 g/mol. The summed E-state index contributed by atoms with van der Waals surface area (Å²) >= 11 is 7.85. The Hall–Kier alpha value is -2.73. The second-order valence-electron chi connectivity index (χ2n) is 7.09. The highest BCUT2D eigenvalue weighted by atomic mass is 35.5. The number of fused-ring (bicyclic) bond motifs is 2. The van der Waals surface area contributed by atoms with Crippen LogP contribution in [0.5, 0.6) is 0 Å². The Morgan fingerprint density at radius 2 is 1.97 bits per heavy atom. The molecule has 29 heavy (non-hydrogen) atoms. The van der Waals surface area contributed by atoms with Crippen LogP contribution in [0.3, 0.4) is 0 Å². The molecule has 144 valence electrons. The summed E-state index contributed by atoms with van der Waals surface area (Å²) in [4.78, 5) is 13.0. The molecule has 0 aliphatic carbocycles. The van der Waals surface area contributed by atoms with E-state index in [4.69, 9.17) is 21.6 Å². The summed E-state index contributed by atoms with van der Waals surface area (Å²) < 4.78 is 0. The zero-order valence-electron chi connectivity index (χ0n) is 15.8. The molecule has 5 rings (SSSR count). The summed E-state index contributed by atoms with van der Waals surface area (Å²) in [7, 11) is 0. The first-order chi connectivity index (χ1) is 14.2. The molecule has 0 saturated heterocycles. The first kappa shape index (κ1) is 18.3. The lowest BCUT2D eigenvalue weighted by Crippen LogP contribution is -2.20. The standard InChI is InChI=1S/C23H19ClN4S/c1-14(23-27-19-4-2-3-5-20(19)28-23)25-12-17-10-15-6-7-18(24)11-21(15)26-22(17)16-8-9-29-13-16/h2-11,13-14,25H,12H2,1H3,(H,27,28). The van der Waals surface area contributed by atoms with Crippen LogP contribution in [-0.2, 0) is 6.54 Å². The summed E-state index contributed by atoms with van der Waals surface area (Å²) in [6.45, 7) is 2.81. The molecule has 0 aliphatic heterocycles. The molecule has 0 aliphatic rings. The predicted octanol–water partition coefficient (Wildman–Crippen LogP) is 6.34. The van der Waals surface area contributed by atoms with Gasteiger partial charge in [-0.2, -0.15) is 11.3 Å². The first-order valence-corrected chi connectivity index (χ1v) is 10.8. The van der Waals surface area contributed by atoms with Crippen LogP contribution < -0.4 is 5.32 Å². The van der Waals surface area contributed by atoms with Crippen molar-refractivity contribution in [2.75, 3.05) is 0 Å². The van der Waals surface area contributed by atoms with Crippen LogP contribution in [0.25, 0.3) is 33.2 Å². The average molecular weight is 419 g/mol. The molecule has 1 atom stereocenters. The molecule has 3 heterocycles. The molecule has 0 radical (unpaired) electrons. The van der Waals surface area contributed by atoms with E-state index in [-0.39, 0.29) is 6.04 Å². The fourth-order valence-electron chi connectivity index (χ4n) is 3.51. The van der Waals surface area contributed by atoms with Crippen molar-refractivity contribution in [3.05, 3.63) is 81.8 Å². The molecule has 5 aromatic rings. The van der Waals surface area contributed by atoms with Crippen molar-refractivity contribution in [1.29, 1.82) is 0 Å². The van der Waals surface area contributed by atoms with E-state index in [9.17, 15) is 0 Å². The summed E-state index contributed by atoms with van der Waals surface area (Å²) in [5.74, 6) is 0.934. The number of aromatic nitrogens is 3. The number of hydrogen-bond acceptors (Lipinski definition) is 4. The van der Waals surface area contributed by atoms with Crippen LogP contribution in [0.15, 0.2) is 65.4 Å². The molecule has 2 N–H and O–H groups in total. The average Bonchev–Trinajstić information content (AvgIpc) is 3.41. The number of aromatic amines is 1. The summed E-state index contributed by atoms with van der Waals surface area (Å²) in [5, 5.41) is 9.59. The van der Waals surface area contributed by atoms with Gasteiger partial charge in [0.05, 0.1) is 28.3 Å². The van der Waals surface area contributed by atoms with Gasteiger partial charge in [0.15, 0.2) is 0 Å². The number of nitrogens with zero attached hydrogens (tertiary/aromatic N) is 2. The van der Waals surface area contributed by atoms with Crippen LogP contribution in [0.4, 0.5) is 0 Å². The van der Waals surface area contributed by atoms with E-state index in [1.165, 1.54) is 0 Å². The molecule has 6 heteroatoms. The Kier molecular flexibility index (Phi) is 4.79. The van der Waals surface area contributed by atoms with Gasteiger partial charge in [-0.05, 0) is 54.3 Å². The minimum Gasteiger partial charge on any atom is -0.341 e. The Balaban J connectivity index is 1.47. The van der Waals surface area contributed by atoms with Crippen molar-refractivity contribution >= 4 is 44.9 Å². The topological polar surface area (TPSA) is 53.6 Å². The third-order valence-electron chi connectivity index (χ3n) is 5.07. The number of H-pyrrole nitrogens is 1. The van der Waals surface area contributed by atoms with Gasteiger partial charge in [-0.1, -0.05) is 29.8 Å². The number of imidazole rings is 1. The fraction of sp³-hybridized carbons (Fsp3) is 0.130. The zero-order chi connectivity index (χ0) is 19.8. The zero-order valence-corrected chi connectivity index (χ0v) is 17.4. The molecule has 0 bridgehead atoms. The Labute approximate surface area is 177 Å². The van der Waals surface area contributed by atoms with Crippen LogP contribution in [0, 0.1) is 0 Å². The summed E-state index contributed by atoms with van der Waals surface area (Å²) in [5.41, 5.74) is 6.23. The number of hydrogen-bond donors (Lipinski definition) is 2. The van der Waals surface area contributed by atoms with Gasteiger partial charge in [0, 0.05) is 27.9 Å². The SMILES string of the molecule is CC(NCc1cc2ccc(Cl)cc2nc1-c1ccsc1)c1nc2ccccc2[nH]1. The highest BCUT2D eigenvalue weighted by molar-refractivity contribution is 7.08. The number of rotatable bonds is 5. The molecular formula is C23H19ClN4S. The van der Waals surface area contributed by atoms with Gasteiger partial charge in [-0.15, -0.1) is 0 Å². The molecule has 0 fully saturated rings. The minimum atomic E-state index is 0.0821. The number of benzene rings is 2. The lowest BCUT2D eigenvalue weighted by atomic mass is 10.0. The van der Waals surface area contributed by atoms with Crippen LogP contribution >= 0.6 is 22.9 Å². The number of halogens is 1. The smallest absolute Gasteiger partial charge is 0.124 e. The third-order valence-corrected chi connectivity index (χ3v) is 5.99.